The number of benzene rings is 1. The number of rotatable bonds is 3. The summed E-state index contributed by atoms with van der Waals surface area (Å²) in [4.78, 5) is 54.8. The number of nitrogens with one attached hydrogen (secondary N) is 1. The molecule has 5 rings (SSSR count). The fourth-order valence-corrected chi connectivity index (χ4v) is 3.79. The highest BCUT2D eigenvalue weighted by molar-refractivity contribution is 6.24. The number of aromatic nitrogens is 5. The van der Waals surface area contributed by atoms with E-state index in [4.69, 9.17) is 0 Å². The first-order valence-electron chi connectivity index (χ1n) is 9.19. The molecule has 0 saturated carbocycles. The van der Waals surface area contributed by atoms with Gasteiger partial charge in [-0.2, -0.15) is 0 Å². The van der Waals surface area contributed by atoms with E-state index in [2.05, 4.69) is 20.6 Å². The van der Waals surface area contributed by atoms with Gasteiger partial charge >= 0.3 is 0 Å². The van der Waals surface area contributed by atoms with Gasteiger partial charge in [0.1, 0.15) is 11.7 Å². The number of hydrogen-bond acceptors (Lipinski definition) is 7. The molecule has 4 heterocycles. The number of fused-ring (bicyclic) bond motifs is 1. The monoisotopic (exact) mass is 405 g/mol. The molecule has 1 unspecified atom stereocenters. The molecule has 150 valence electrons. The van der Waals surface area contributed by atoms with Gasteiger partial charge < -0.3 is 4.57 Å². The molecule has 11 nitrogen and oxygen atoms in total. The zero-order valence-electron chi connectivity index (χ0n) is 15.8. The zero-order chi connectivity index (χ0) is 21.0. The molecule has 1 aromatic carbocycles. The van der Waals surface area contributed by atoms with Gasteiger partial charge in [-0.1, -0.05) is 11.3 Å². The van der Waals surface area contributed by atoms with Crippen LogP contribution in [0.25, 0.3) is 17.1 Å². The molecule has 4 amide bonds. The Kier molecular flexibility index (Phi) is 3.85. The van der Waals surface area contributed by atoms with Gasteiger partial charge in [-0.05, 0) is 18.6 Å². The molecule has 0 aliphatic carbocycles. The van der Waals surface area contributed by atoms with Crippen LogP contribution < -0.4 is 5.32 Å². The number of carbonyl (C=O) groups is 4. The first-order chi connectivity index (χ1) is 14.5. The number of hydrogen-bond donors (Lipinski definition) is 1. The highest BCUT2D eigenvalue weighted by Gasteiger charge is 2.45. The van der Waals surface area contributed by atoms with E-state index in [0.29, 0.717) is 11.4 Å². The summed E-state index contributed by atoms with van der Waals surface area (Å²) in [6.45, 7) is 0. The Morgan fingerprint density at radius 2 is 1.97 bits per heavy atom. The SMILES string of the molecule is Cn1cncc1-c1cn(-c2cccc3c2C(=O)N(C2CCC(=O)NC2=O)C3=O)nn1. The summed E-state index contributed by atoms with van der Waals surface area (Å²) in [5.41, 5.74) is 1.99. The van der Waals surface area contributed by atoms with Gasteiger partial charge in [-0.25, -0.2) is 9.67 Å². The number of piperidine rings is 1. The third kappa shape index (κ3) is 2.55. The molecule has 0 bridgehead atoms. The Morgan fingerprint density at radius 1 is 1.13 bits per heavy atom. The van der Waals surface area contributed by atoms with Crippen LogP contribution in [0.3, 0.4) is 0 Å². The number of carbonyl (C=O) groups excluding carboxylic acids is 4. The molecule has 2 aromatic heterocycles. The van der Waals surface area contributed by atoms with E-state index in [1.165, 1.54) is 10.7 Å². The highest BCUT2D eigenvalue weighted by atomic mass is 16.2. The Balaban J connectivity index is 1.55. The minimum atomic E-state index is -1.02. The van der Waals surface area contributed by atoms with Crippen LogP contribution in [0.4, 0.5) is 0 Å². The second-order valence-electron chi connectivity index (χ2n) is 7.09. The molecule has 3 aromatic rings. The van der Waals surface area contributed by atoms with E-state index >= 15 is 0 Å². The molecule has 1 fully saturated rings. The quantitative estimate of drug-likeness (QED) is 0.610. The average Bonchev–Trinajstić information content (AvgIpc) is 3.42. The number of aryl methyl sites for hydroxylation is 1. The first-order valence-corrected chi connectivity index (χ1v) is 9.19. The topological polar surface area (TPSA) is 132 Å². The van der Waals surface area contributed by atoms with Crippen molar-refractivity contribution in [2.24, 2.45) is 7.05 Å². The van der Waals surface area contributed by atoms with Crippen LogP contribution in [0, 0.1) is 0 Å². The van der Waals surface area contributed by atoms with Gasteiger partial charge in [-0.3, -0.25) is 29.4 Å². The Hall–Kier alpha value is -4.15. The van der Waals surface area contributed by atoms with E-state index in [0.717, 1.165) is 10.6 Å². The molecule has 2 aliphatic rings. The lowest BCUT2D eigenvalue weighted by atomic mass is 10.0. The van der Waals surface area contributed by atoms with Crippen molar-refractivity contribution in [3.05, 3.63) is 48.0 Å². The number of nitrogens with zero attached hydrogens (tertiary/aromatic N) is 6. The summed E-state index contributed by atoms with van der Waals surface area (Å²) in [6, 6.07) is 3.80. The van der Waals surface area contributed by atoms with Crippen molar-refractivity contribution in [1.82, 2.24) is 34.8 Å². The number of imide groups is 2. The lowest BCUT2D eigenvalue weighted by molar-refractivity contribution is -0.136. The van der Waals surface area contributed by atoms with Gasteiger partial charge in [0.05, 0.1) is 41.2 Å². The second-order valence-corrected chi connectivity index (χ2v) is 7.09. The molecule has 1 N–H and O–H groups in total. The fourth-order valence-electron chi connectivity index (χ4n) is 3.79. The van der Waals surface area contributed by atoms with E-state index < -0.39 is 29.7 Å². The van der Waals surface area contributed by atoms with Crippen LogP contribution in [0.1, 0.15) is 33.6 Å². The normalized spacial score (nSPS) is 18.7. The minimum absolute atomic E-state index is 0.0633. The van der Waals surface area contributed by atoms with E-state index in [9.17, 15) is 19.2 Å². The zero-order valence-corrected chi connectivity index (χ0v) is 15.8. The largest absolute Gasteiger partial charge is 0.332 e. The third-order valence-corrected chi connectivity index (χ3v) is 5.27. The summed E-state index contributed by atoms with van der Waals surface area (Å²) in [5.74, 6) is -2.24. The Morgan fingerprint density at radius 3 is 2.70 bits per heavy atom. The summed E-state index contributed by atoms with van der Waals surface area (Å²) in [7, 11) is 1.82. The maximum Gasteiger partial charge on any atom is 0.264 e. The van der Waals surface area contributed by atoms with Crippen LogP contribution in [0.15, 0.2) is 36.9 Å². The smallest absolute Gasteiger partial charge is 0.264 e. The van der Waals surface area contributed by atoms with Crippen molar-refractivity contribution in [3.8, 4) is 17.1 Å². The Labute approximate surface area is 169 Å². The number of imidazole rings is 1. The Bertz CT molecular complexity index is 1240. The maximum atomic E-state index is 13.2. The summed E-state index contributed by atoms with van der Waals surface area (Å²) >= 11 is 0. The van der Waals surface area contributed by atoms with E-state index in [1.54, 1.807) is 35.4 Å². The van der Waals surface area contributed by atoms with Gasteiger partial charge in [0.25, 0.3) is 11.8 Å². The van der Waals surface area contributed by atoms with Gasteiger partial charge in [0.15, 0.2) is 0 Å². The van der Waals surface area contributed by atoms with Crippen LogP contribution in [0.2, 0.25) is 0 Å². The number of amides is 4. The maximum absolute atomic E-state index is 13.2. The van der Waals surface area contributed by atoms with Crippen molar-refractivity contribution in [2.45, 2.75) is 18.9 Å². The molecule has 2 aliphatic heterocycles. The van der Waals surface area contributed by atoms with E-state index in [-0.39, 0.29) is 24.0 Å². The molecule has 0 spiro atoms. The van der Waals surface area contributed by atoms with Crippen molar-refractivity contribution in [2.75, 3.05) is 0 Å². The first kappa shape index (κ1) is 17.9. The van der Waals surface area contributed by atoms with Crippen molar-refractivity contribution < 1.29 is 19.2 Å². The van der Waals surface area contributed by atoms with Gasteiger partial charge in [0, 0.05) is 13.5 Å². The molecule has 30 heavy (non-hydrogen) atoms. The molecule has 1 atom stereocenters. The van der Waals surface area contributed by atoms with E-state index in [1.807, 2.05) is 7.05 Å². The minimum Gasteiger partial charge on any atom is -0.332 e. The molecule has 0 radical (unpaired) electrons. The molecular formula is C19H15N7O4. The fraction of sp³-hybridized carbons (Fsp3) is 0.211. The standard InChI is InChI=1S/C19H15N7O4/c1-24-9-20-7-14(24)11-8-25(23-22-11)12-4-2-3-10-16(12)19(30)26(18(10)29)13-5-6-15(27)21-17(13)28/h2-4,7-9,13H,5-6H2,1H3,(H,21,27,28). The van der Waals surface area contributed by atoms with Gasteiger partial charge in [-0.15, -0.1) is 5.10 Å². The predicted molar refractivity (Wildman–Crippen MR) is 100 cm³/mol. The molecule has 11 heteroatoms. The molecule has 1 saturated heterocycles. The summed E-state index contributed by atoms with van der Waals surface area (Å²) < 4.78 is 3.20. The average molecular weight is 405 g/mol. The van der Waals surface area contributed by atoms with Crippen molar-refractivity contribution in [3.63, 3.8) is 0 Å². The van der Waals surface area contributed by atoms with Gasteiger partial charge in [0.2, 0.25) is 11.8 Å². The van der Waals surface area contributed by atoms with Crippen LogP contribution in [0.5, 0.6) is 0 Å². The van der Waals surface area contributed by atoms with Crippen molar-refractivity contribution >= 4 is 23.6 Å². The second kappa shape index (κ2) is 6.44. The summed E-state index contributed by atoms with van der Waals surface area (Å²) in [6.07, 6.45) is 5.07. The third-order valence-electron chi connectivity index (χ3n) is 5.27. The van der Waals surface area contributed by atoms with Crippen molar-refractivity contribution in [1.29, 1.82) is 0 Å². The summed E-state index contributed by atoms with van der Waals surface area (Å²) in [5, 5.41) is 10.4. The molecular weight excluding hydrogens is 390 g/mol. The van der Waals surface area contributed by atoms with Crippen LogP contribution >= 0.6 is 0 Å². The predicted octanol–water partition coefficient (Wildman–Crippen LogP) is 0.0690. The van der Waals surface area contributed by atoms with Crippen LogP contribution in [-0.2, 0) is 16.6 Å². The highest BCUT2D eigenvalue weighted by Crippen LogP contribution is 2.31. The lowest BCUT2D eigenvalue weighted by Crippen LogP contribution is -2.54. The lowest BCUT2D eigenvalue weighted by Gasteiger charge is -2.27. The van der Waals surface area contributed by atoms with Crippen LogP contribution in [-0.4, -0.2) is 59.1 Å².